The van der Waals surface area contributed by atoms with Gasteiger partial charge in [0.2, 0.25) is 11.8 Å². The average molecular weight is 411 g/mol. The van der Waals surface area contributed by atoms with Crippen LogP contribution in [0.4, 0.5) is 0 Å². The Balaban J connectivity index is 3.58. The first-order chi connectivity index (χ1) is 12.2. The van der Waals surface area contributed by atoms with E-state index in [0.29, 0.717) is 24.6 Å². The number of nitrogens with two attached hydrogens (primary N) is 2. The van der Waals surface area contributed by atoms with Crippen LogP contribution < -0.4 is 22.1 Å². The van der Waals surface area contributed by atoms with Gasteiger partial charge in [-0.2, -0.15) is 0 Å². The van der Waals surface area contributed by atoms with Crippen LogP contribution in [-0.4, -0.2) is 73.6 Å². The Morgan fingerprint density at radius 2 is 1.15 bits per heavy atom. The van der Waals surface area contributed by atoms with Gasteiger partial charge in [0.1, 0.15) is 25.3 Å². The summed E-state index contributed by atoms with van der Waals surface area (Å²) < 4.78 is 9.32. The fourth-order valence-electron chi connectivity index (χ4n) is 1.38. The van der Waals surface area contributed by atoms with Gasteiger partial charge in [-0.3, -0.25) is 19.2 Å². The third-order valence-electron chi connectivity index (χ3n) is 2.66. The van der Waals surface area contributed by atoms with Crippen molar-refractivity contribution in [3.05, 3.63) is 0 Å². The van der Waals surface area contributed by atoms with Gasteiger partial charge in [-0.25, -0.2) is 0 Å². The van der Waals surface area contributed by atoms with Gasteiger partial charge in [0.05, 0.1) is 0 Å². The summed E-state index contributed by atoms with van der Waals surface area (Å²) in [5.41, 5.74) is 11.1. The normalized spacial score (nSPS) is 12.6. The molecule has 12 heteroatoms. The van der Waals surface area contributed by atoms with Crippen LogP contribution in [0.15, 0.2) is 0 Å². The van der Waals surface area contributed by atoms with Gasteiger partial charge in [-0.1, -0.05) is 21.6 Å². The molecular formula is C14H26N4O6S2. The molecule has 0 aromatic heterocycles. The fourth-order valence-corrected chi connectivity index (χ4v) is 3.19. The van der Waals surface area contributed by atoms with Crippen molar-refractivity contribution in [3.8, 4) is 0 Å². The van der Waals surface area contributed by atoms with Crippen LogP contribution in [0.2, 0.25) is 0 Å². The molecule has 2 atom stereocenters. The molecule has 0 aliphatic heterocycles. The largest absolute Gasteiger partial charge is 0.464 e. The molecule has 150 valence electrons. The van der Waals surface area contributed by atoms with E-state index in [-0.39, 0.29) is 25.0 Å². The van der Waals surface area contributed by atoms with Crippen LogP contribution in [0, 0.1) is 0 Å². The van der Waals surface area contributed by atoms with Gasteiger partial charge < -0.3 is 31.6 Å². The summed E-state index contributed by atoms with van der Waals surface area (Å²) in [5, 5.41) is 5.27. The third-order valence-corrected chi connectivity index (χ3v) is 5.07. The Labute approximate surface area is 160 Å². The second-order valence-corrected chi connectivity index (χ2v) is 7.75. The Morgan fingerprint density at radius 1 is 0.808 bits per heavy atom. The third kappa shape index (κ3) is 13.8. The zero-order valence-electron chi connectivity index (χ0n) is 14.8. The van der Waals surface area contributed by atoms with Crippen LogP contribution in [0.3, 0.4) is 0 Å². The van der Waals surface area contributed by atoms with Gasteiger partial charge in [-0.05, 0) is 0 Å². The molecule has 26 heavy (non-hydrogen) atoms. The van der Waals surface area contributed by atoms with Crippen molar-refractivity contribution in [3.63, 3.8) is 0 Å². The van der Waals surface area contributed by atoms with E-state index in [9.17, 15) is 19.2 Å². The first-order valence-electron chi connectivity index (χ1n) is 7.81. The lowest BCUT2D eigenvalue weighted by Crippen LogP contribution is -2.44. The van der Waals surface area contributed by atoms with E-state index in [1.54, 1.807) is 0 Å². The molecule has 0 heterocycles. The second-order valence-electron chi connectivity index (χ2n) is 5.04. The minimum atomic E-state index is -0.886. The first kappa shape index (κ1) is 24.5. The summed E-state index contributed by atoms with van der Waals surface area (Å²) in [4.78, 5) is 44.4. The molecule has 0 unspecified atom stereocenters. The van der Waals surface area contributed by atoms with Crippen molar-refractivity contribution < 1.29 is 28.7 Å². The molecule has 0 bridgehead atoms. The summed E-state index contributed by atoms with van der Waals surface area (Å²) in [6.07, 6.45) is 0. The number of amides is 2. The van der Waals surface area contributed by atoms with Gasteiger partial charge in [0, 0.05) is 38.4 Å². The van der Waals surface area contributed by atoms with Crippen molar-refractivity contribution in [1.82, 2.24) is 10.6 Å². The minimum Gasteiger partial charge on any atom is -0.464 e. The number of hydrogen-bond donors (Lipinski definition) is 4. The van der Waals surface area contributed by atoms with Crippen LogP contribution in [0.5, 0.6) is 0 Å². The van der Waals surface area contributed by atoms with Crippen molar-refractivity contribution in [1.29, 1.82) is 0 Å². The Hall–Kier alpha value is -1.50. The molecule has 10 nitrogen and oxygen atoms in total. The van der Waals surface area contributed by atoms with E-state index in [2.05, 4.69) is 20.1 Å². The van der Waals surface area contributed by atoms with Gasteiger partial charge in [-0.15, -0.1) is 0 Å². The molecule has 0 aromatic carbocycles. The van der Waals surface area contributed by atoms with Gasteiger partial charge in [0.25, 0.3) is 0 Å². The number of ether oxygens (including phenoxy) is 2. The molecule has 0 aliphatic carbocycles. The van der Waals surface area contributed by atoms with E-state index < -0.39 is 24.0 Å². The molecule has 0 aromatic rings. The Bertz CT molecular complexity index is 438. The Morgan fingerprint density at radius 3 is 1.46 bits per heavy atom. The van der Waals surface area contributed by atoms with Crippen LogP contribution in [0.1, 0.15) is 13.8 Å². The zero-order valence-corrected chi connectivity index (χ0v) is 16.5. The molecule has 0 saturated heterocycles. The number of carbonyl (C=O) groups is 4. The predicted octanol–water partition coefficient (Wildman–Crippen LogP) is -1.62. The molecule has 0 rings (SSSR count). The van der Waals surface area contributed by atoms with Crippen LogP contribution >= 0.6 is 21.6 Å². The molecular weight excluding hydrogens is 384 g/mol. The van der Waals surface area contributed by atoms with E-state index in [1.807, 2.05) is 0 Å². The van der Waals surface area contributed by atoms with Crippen molar-refractivity contribution in [2.75, 3.05) is 37.8 Å². The number of rotatable bonds is 13. The van der Waals surface area contributed by atoms with Crippen LogP contribution in [0.25, 0.3) is 0 Å². The molecule has 2 amide bonds. The lowest BCUT2D eigenvalue weighted by Gasteiger charge is -2.12. The van der Waals surface area contributed by atoms with E-state index in [4.69, 9.17) is 11.5 Å². The number of esters is 2. The minimum absolute atomic E-state index is 0.150. The number of carbonyl (C=O) groups excluding carboxylic acids is 4. The van der Waals surface area contributed by atoms with Gasteiger partial charge >= 0.3 is 11.9 Å². The van der Waals surface area contributed by atoms with E-state index in [0.717, 1.165) is 0 Å². The molecule has 0 aliphatic rings. The maximum atomic E-state index is 11.6. The quantitative estimate of drug-likeness (QED) is 0.158. The highest BCUT2D eigenvalue weighted by Gasteiger charge is 2.15. The lowest BCUT2D eigenvalue weighted by molar-refractivity contribution is -0.143. The van der Waals surface area contributed by atoms with Crippen molar-refractivity contribution >= 4 is 45.3 Å². The topological polar surface area (TPSA) is 163 Å². The van der Waals surface area contributed by atoms with Gasteiger partial charge in [0.15, 0.2) is 0 Å². The summed E-state index contributed by atoms with van der Waals surface area (Å²) in [6.45, 7) is 3.03. The SMILES string of the molecule is CC(=O)OC[C@H](N)C(=O)NCCSSCCNC(=O)[C@@H](N)COC(C)=O. The Kier molecular flexibility index (Phi) is 13.8. The predicted molar refractivity (Wildman–Crippen MR) is 100 cm³/mol. The fraction of sp³-hybridized carbons (Fsp3) is 0.714. The van der Waals surface area contributed by atoms with E-state index in [1.165, 1.54) is 35.4 Å². The van der Waals surface area contributed by atoms with Crippen molar-refractivity contribution in [2.45, 2.75) is 25.9 Å². The molecule has 0 spiro atoms. The average Bonchev–Trinajstić information content (AvgIpc) is 2.58. The molecule has 6 N–H and O–H groups in total. The molecule has 0 radical (unpaired) electrons. The monoisotopic (exact) mass is 410 g/mol. The lowest BCUT2D eigenvalue weighted by atomic mass is 10.3. The zero-order chi connectivity index (χ0) is 19.9. The molecule has 0 fully saturated rings. The first-order valence-corrected chi connectivity index (χ1v) is 10.3. The standard InChI is InChI=1S/C14H26N4O6S2/c1-9(19)23-7-11(15)13(21)17-3-5-25-26-6-4-18-14(22)12(16)8-24-10(2)20/h11-12H,3-8,15-16H2,1-2H3,(H,17,21)(H,18,22)/t11-,12-/m0/s1. The number of hydrogen-bond acceptors (Lipinski definition) is 10. The highest BCUT2D eigenvalue weighted by molar-refractivity contribution is 8.76. The maximum absolute atomic E-state index is 11.6. The second kappa shape index (κ2) is 14.6. The highest BCUT2D eigenvalue weighted by Crippen LogP contribution is 2.19. The summed E-state index contributed by atoms with van der Waals surface area (Å²) in [7, 11) is 3.05. The van der Waals surface area contributed by atoms with E-state index >= 15 is 0 Å². The smallest absolute Gasteiger partial charge is 0.302 e. The molecule has 0 saturated carbocycles. The summed E-state index contributed by atoms with van der Waals surface area (Å²) in [6, 6.07) is -1.77. The summed E-state index contributed by atoms with van der Waals surface area (Å²) >= 11 is 0. The highest BCUT2D eigenvalue weighted by atomic mass is 33.1. The number of nitrogens with one attached hydrogen (secondary N) is 2. The van der Waals surface area contributed by atoms with Crippen molar-refractivity contribution in [2.24, 2.45) is 11.5 Å². The summed E-state index contributed by atoms with van der Waals surface area (Å²) in [5.74, 6) is -0.441. The maximum Gasteiger partial charge on any atom is 0.302 e. The van der Waals surface area contributed by atoms with Crippen LogP contribution in [-0.2, 0) is 28.7 Å².